The first-order valence-electron chi connectivity index (χ1n) is 9.08. The van der Waals surface area contributed by atoms with E-state index >= 15 is 0 Å². The van der Waals surface area contributed by atoms with Gasteiger partial charge in [-0.1, -0.05) is 33.1 Å². The number of carbonyl (C=O) groups is 2. The topological polar surface area (TPSA) is 69.6 Å². The van der Waals surface area contributed by atoms with E-state index in [1.165, 1.54) is 6.42 Å². The molecule has 1 saturated heterocycles. The summed E-state index contributed by atoms with van der Waals surface area (Å²) >= 11 is 0. The Balaban J connectivity index is 0.00000288. The molecule has 1 heterocycles. The fraction of sp³-hybridized carbons (Fsp3) is 0.889. The average molecular weight is 361 g/mol. The molecule has 1 aliphatic heterocycles. The van der Waals surface area contributed by atoms with Crippen LogP contribution < -0.4 is 5.32 Å². The number of likely N-dealkylation sites (tertiary alicyclic amines) is 1. The van der Waals surface area contributed by atoms with E-state index in [1.807, 2.05) is 4.90 Å². The summed E-state index contributed by atoms with van der Waals surface area (Å²) in [7, 11) is 0. The molecule has 140 valence electrons. The molecule has 0 aromatic rings. The zero-order chi connectivity index (χ0) is 17.0. The highest BCUT2D eigenvalue weighted by Gasteiger charge is 2.54. The lowest BCUT2D eigenvalue weighted by atomic mass is 9.81. The van der Waals surface area contributed by atoms with Crippen molar-refractivity contribution in [3.8, 4) is 0 Å². The molecule has 2 N–H and O–H groups in total. The number of amides is 1. The Kier molecular flexibility index (Phi) is 8.00. The maximum absolute atomic E-state index is 12.2. The van der Waals surface area contributed by atoms with Crippen molar-refractivity contribution in [3.05, 3.63) is 0 Å². The van der Waals surface area contributed by atoms with Crippen molar-refractivity contribution in [2.45, 2.75) is 65.3 Å². The Bertz CT molecular complexity index is 444. The highest BCUT2D eigenvalue weighted by atomic mass is 35.5. The minimum Gasteiger partial charge on any atom is -0.481 e. The number of hydrogen-bond donors (Lipinski definition) is 2. The molecule has 24 heavy (non-hydrogen) atoms. The van der Waals surface area contributed by atoms with E-state index in [9.17, 15) is 14.7 Å². The summed E-state index contributed by atoms with van der Waals surface area (Å²) in [5.74, 6) is 0.276. The van der Waals surface area contributed by atoms with Gasteiger partial charge in [-0.25, -0.2) is 0 Å². The van der Waals surface area contributed by atoms with Gasteiger partial charge in [0.25, 0.3) is 0 Å². The number of nitrogens with zero attached hydrogens (tertiary/aromatic N) is 1. The number of fused-ring (bicyclic) bond motifs is 1. The number of rotatable bonds is 8. The average Bonchev–Trinajstić information content (AvgIpc) is 2.95. The Hall–Kier alpha value is -0.810. The second kappa shape index (κ2) is 9.04. The van der Waals surface area contributed by atoms with Crippen LogP contribution in [0.5, 0.6) is 0 Å². The standard InChI is InChI=1S/C18H32N2O3.ClH/c1-13(2)6-4-7-14(3)19-16(21)11-20-10-15-8-5-9-18(15,12-20)17(22)23;/h13-15H,4-12H2,1-3H3,(H,19,21)(H,22,23);1H/t14?,15-,18+;/m0./s1. The van der Waals surface area contributed by atoms with Crippen LogP contribution in [-0.2, 0) is 9.59 Å². The summed E-state index contributed by atoms with van der Waals surface area (Å²) in [6.45, 7) is 8.09. The van der Waals surface area contributed by atoms with Gasteiger partial charge in [0.15, 0.2) is 0 Å². The lowest BCUT2D eigenvalue weighted by Crippen LogP contribution is -2.42. The largest absolute Gasteiger partial charge is 0.481 e. The van der Waals surface area contributed by atoms with E-state index in [0.29, 0.717) is 19.0 Å². The van der Waals surface area contributed by atoms with Gasteiger partial charge in [-0.05, 0) is 38.0 Å². The van der Waals surface area contributed by atoms with E-state index in [4.69, 9.17) is 0 Å². The SMILES string of the molecule is CC(C)CCCC(C)NC(=O)CN1C[C@@H]2CCC[C@@]2(C(=O)O)C1.Cl. The summed E-state index contributed by atoms with van der Waals surface area (Å²) < 4.78 is 0. The van der Waals surface area contributed by atoms with Crippen LogP contribution in [-0.4, -0.2) is 47.6 Å². The van der Waals surface area contributed by atoms with Crippen LogP contribution >= 0.6 is 12.4 Å². The van der Waals surface area contributed by atoms with Crippen molar-refractivity contribution in [2.24, 2.45) is 17.3 Å². The molecule has 0 aromatic heterocycles. The molecule has 2 aliphatic rings. The van der Waals surface area contributed by atoms with Crippen molar-refractivity contribution in [1.29, 1.82) is 0 Å². The maximum atomic E-state index is 12.2. The lowest BCUT2D eigenvalue weighted by Gasteiger charge is -2.23. The molecule has 0 aromatic carbocycles. The normalized spacial score (nSPS) is 27.6. The highest BCUT2D eigenvalue weighted by molar-refractivity contribution is 5.85. The molecule has 1 amide bonds. The summed E-state index contributed by atoms with van der Waals surface area (Å²) in [6, 6.07) is 0.191. The Labute approximate surface area is 152 Å². The van der Waals surface area contributed by atoms with Crippen molar-refractivity contribution < 1.29 is 14.7 Å². The van der Waals surface area contributed by atoms with Gasteiger partial charge in [0.2, 0.25) is 5.91 Å². The molecule has 5 nitrogen and oxygen atoms in total. The van der Waals surface area contributed by atoms with Gasteiger partial charge in [0, 0.05) is 19.1 Å². The quantitative estimate of drug-likeness (QED) is 0.698. The second-order valence-electron chi connectivity index (χ2n) is 8.01. The fourth-order valence-corrected chi connectivity index (χ4v) is 4.29. The first-order chi connectivity index (χ1) is 10.8. The van der Waals surface area contributed by atoms with E-state index < -0.39 is 11.4 Å². The zero-order valence-electron chi connectivity index (χ0n) is 15.2. The van der Waals surface area contributed by atoms with Crippen LogP contribution in [0, 0.1) is 17.3 Å². The molecule has 0 bridgehead atoms. The minimum absolute atomic E-state index is 0. The number of carbonyl (C=O) groups excluding carboxylic acids is 1. The molecule has 6 heteroatoms. The molecular formula is C18H33ClN2O3. The summed E-state index contributed by atoms with van der Waals surface area (Å²) in [4.78, 5) is 25.9. The van der Waals surface area contributed by atoms with Crippen LogP contribution in [0.1, 0.15) is 59.3 Å². The number of aliphatic carboxylic acids is 1. The summed E-state index contributed by atoms with van der Waals surface area (Å²) in [5.41, 5.74) is -0.594. The molecule has 1 saturated carbocycles. The summed E-state index contributed by atoms with van der Waals surface area (Å²) in [6.07, 6.45) is 6.07. The van der Waals surface area contributed by atoms with Crippen LogP contribution in [0.25, 0.3) is 0 Å². The van der Waals surface area contributed by atoms with Crippen LogP contribution in [0.4, 0.5) is 0 Å². The van der Waals surface area contributed by atoms with Gasteiger partial charge < -0.3 is 10.4 Å². The third-order valence-electron chi connectivity index (χ3n) is 5.56. The Morgan fingerprint density at radius 2 is 2.00 bits per heavy atom. The van der Waals surface area contributed by atoms with Crippen molar-refractivity contribution in [3.63, 3.8) is 0 Å². The van der Waals surface area contributed by atoms with Crippen LogP contribution in [0.2, 0.25) is 0 Å². The van der Waals surface area contributed by atoms with Gasteiger partial charge in [0.1, 0.15) is 0 Å². The number of halogens is 1. The predicted octanol–water partition coefficient (Wildman–Crippen LogP) is 2.93. The zero-order valence-corrected chi connectivity index (χ0v) is 16.0. The van der Waals surface area contributed by atoms with Gasteiger partial charge in [0.05, 0.1) is 12.0 Å². The monoisotopic (exact) mass is 360 g/mol. The first kappa shape index (κ1) is 21.2. The van der Waals surface area contributed by atoms with Gasteiger partial charge in [-0.2, -0.15) is 0 Å². The number of nitrogens with one attached hydrogen (secondary N) is 1. The predicted molar refractivity (Wildman–Crippen MR) is 97.4 cm³/mol. The Morgan fingerprint density at radius 1 is 1.29 bits per heavy atom. The van der Waals surface area contributed by atoms with E-state index in [-0.39, 0.29) is 30.3 Å². The molecule has 2 rings (SSSR count). The molecule has 3 atom stereocenters. The van der Waals surface area contributed by atoms with Gasteiger partial charge in [-0.3, -0.25) is 14.5 Å². The second-order valence-corrected chi connectivity index (χ2v) is 8.01. The first-order valence-corrected chi connectivity index (χ1v) is 9.08. The van der Waals surface area contributed by atoms with Crippen molar-refractivity contribution in [2.75, 3.05) is 19.6 Å². The molecule has 2 fully saturated rings. The third-order valence-corrected chi connectivity index (χ3v) is 5.56. The number of carboxylic acid groups (broad SMARTS) is 1. The minimum atomic E-state index is -0.676. The Morgan fingerprint density at radius 3 is 2.58 bits per heavy atom. The molecule has 0 spiro atoms. The number of carboxylic acids is 1. The maximum Gasteiger partial charge on any atom is 0.311 e. The third kappa shape index (κ3) is 5.09. The lowest BCUT2D eigenvalue weighted by molar-refractivity contribution is -0.149. The van der Waals surface area contributed by atoms with Crippen LogP contribution in [0.15, 0.2) is 0 Å². The van der Waals surface area contributed by atoms with Gasteiger partial charge >= 0.3 is 5.97 Å². The smallest absolute Gasteiger partial charge is 0.311 e. The van der Waals surface area contributed by atoms with Crippen molar-refractivity contribution >= 4 is 24.3 Å². The van der Waals surface area contributed by atoms with Crippen LogP contribution in [0.3, 0.4) is 0 Å². The molecular weight excluding hydrogens is 328 g/mol. The van der Waals surface area contributed by atoms with Gasteiger partial charge in [-0.15, -0.1) is 12.4 Å². The highest BCUT2D eigenvalue weighted by Crippen LogP contribution is 2.48. The van der Waals surface area contributed by atoms with E-state index in [2.05, 4.69) is 26.1 Å². The molecule has 0 radical (unpaired) electrons. The van der Waals surface area contributed by atoms with Crippen molar-refractivity contribution in [1.82, 2.24) is 10.2 Å². The van der Waals surface area contributed by atoms with E-state index in [0.717, 1.165) is 38.6 Å². The van der Waals surface area contributed by atoms with E-state index in [1.54, 1.807) is 0 Å². The fourth-order valence-electron chi connectivity index (χ4n) is 4.29. The summed E-state index contributed by atoms with van der Waals surface area (Å²) in [5, 5.41) is 12.6. The molecule has 1 unspecified atom stereocenters. The molecule has 1 aliphatic carbocycles. The number of hydrogen-bond acceptors (Lipinski definition) is 3.